The predicted molar refractivity (Wildman–Crippen MR) is 160 cm³/mol. The van der Waals surface area contributed by atoms with E-state index >= 15 is 0 Å². The Morgan fingerprint density at radius 3 is 2.36 bits per heavy atom. The number of alkyl halides is 3. The van der Waals surface area contributed by atoms with E-state index in [0.717, 1.165) is 53.3 Å². The molecule has 0 saturated heterocycles. The summed E-state index contributed by atoms with van der Waals surface area (Å²) in [5, 5.41) is -0.187. The van der Waals surface area contributed by atoms with E-state index in [0.29, 0.717) is 6.07 Å². The van der Waals surface area contributed by atoms with Gasteiger partial charge in [0.05, 0.1) is 17.7 Å². The van der Waals surface area contributed by atoms with Gasteiger partial charge in [0.1, 0.15) is 23.1 Å². The van der Waals surface area contributed by atoms with Crippen LogP contribution in [-0.2, 0) is 26.6 Å². The number of pyridine rings is 1. The molecular weight excluding hydrogens is 675 g/mol. The lowest BCUT2D eigenvalue weighted by Gasteiger charge is -2.14. The van der Waals surface area contributed by atoms with Gasteiger partial charge in [-0.25, -0.2) is 30.3 Å². The number of rotatable bonds is 9. The number of carbonyl (C=O) groups is 1. The molecule has 5 aromatic rings. The summed E-state index contributed by atoms with van der Waals surface area (Å²) in [5.41, 5.74) is -2.44. The minimum Gasteiger partial charge on any atom is -0.406 e. The van der Waals surface area contributed by atoms with Gasteiger partial charge in [0, 0.05) is 45.5 Å². The first-order valence-electron chi connectivity index (χ1n) is 13.1. The molecule has 2 heterocycles. The van der Waals surface area contributed by atoms with Gasteiger partial charge < -0.3 is 14.3 Å². The highest BCUT2D eigenvalue weighted by atomic mass is 32.2. The summed E-state index contributed by atoms with van der Waals surface area (Å²) in [6.07, 6.45) is -3.07. The van der Waals surface area contributed by atoms with Gasteiger partial charge in [0.25, 0.3) is 21.5 Å². The van der Waals surface area contributed by atoms with E-state index in [1.54, 1.807) is 0 Å². The first-order valence-corrected chi connectivity index (χ1v) is 16.5. The minimum absolute atomic E-state index is 0.0524. The molecule has 0 saturated carbocycles. The third-order valence-electron chi connectivity index (χ3n) is 6.59. The molecule has 47 heavy (non-hydrogen) atoms. The van der Waals surface area contributed by atoms with Crippen LogP contribution in [0.2, 0.25) is 0 Å². The number of hydrogen-bond acceptors (Lipinski definition) is 7. The number of benzene rings is 3. The molecule has 0 unspecified atom stereocenters. The zero-order valence-corrected chi connectivity index (χ0v) is 25.4. The summed E-state index contributed by atoms with van der Waals surface area (Å²) in [6, 6.07) is 12.3. The first-order chi connectivity index (χ1) is 21.9. The summed E-state index contributed by atoms with van der Waals surface area (Å²) in [4.78, 5) is 28.8. The highest BCUT2D eigenvalue weighted by Crippen LogP contribution is 2.38. The zero-order valence-electron chi connectivity index (χ0n) is 23.7. The maximum Gasteiger partial charge on any atom is 0.573 e. The summed E-state index contributed by atoms with van der Waals surface area (Å²) >= 11 is 0. The van der Waals surface area contributed by atoms with Crippen LogP contribution in [-0.4, -0.2) is 44.9 Å². The molecule has 1 amide bonds. The molecule has 0 spiro atoms. The number of carbonyl (C=O) groups excluding carboxylic acids is 1. The number of nitrogens with zero attached hydrogens (tertiary/aromatic N) is 1. The maximum absolute atomic E-state index is 14.9. The first kappa shape index (κ1) is 33.1. The van der Waals surface area contributed by atoms with Gasteiger partial charge in [-0.15, -0.1) is 13.2 Å². The second kappa shape index (κ2) is 12.2. The fraction of sp³-hybridized carbons (Fsp3) is 0.103. The maximum atomic E-state index is 14.9. The molecule has 0 aliphatic carbocycles. The number of H-pyrrole nitrogens is 1. The quantitative estimate of drug-likeness (QED) is 0.189. The van der Waals surface area contributed by atoms with Crippen molar-refractivity contribution in [3.8, 4) is 16.9 Å². The van der Waals surface area contributed by atoms with Crippen LogP contribution in [0.15, 0.2) is 88.7 Å². The Hall–Kier alpha value is -5.23. The fourth-order valence-corrected chi connectivity index (χ4v) is 6.37. The lowest BCUT2D eigenvalue weighted by Crippen LogP contribution is -2.33. The van der Waals surface area contributed by atoms with Gasteiger partial charge in [-0.3, -0.25) is 14.3 Å². The molecule has 2 aromatic heterocycles. The van der Waals surface area contributed by atoms with E-state index in [9.17, 15) is 48.4 Å². The van der Waals surface area contributed by atoms with E-state index < -0.39 is 72.4 Å². The van der Waals surface area contributed by atoms with Crippen molar-refractivity contribution in [3.63, 3.8) is 0 Å². The number of anilines is 1. The number of hydrogen-bond donors (Lipinski definition) is 3. The van der Waals surface area contributed by atoms with Crippen molar-refractivity contribution in [2.45, 2.75) is 17.8 Å². The topological polar surface area (TPSA) is 156 Å². The average molecular weight is 697 g/mol. The van der Waals surface area contributed by atoms with Crippen molar-refractivity contribution in [1.82, 2.24) is 14.3 Å². The van der Waals surface area contributed by atoms with E-state index in [1.807, 2.05) is 4.72 Å². The number of amides is 1. The van der Waals surface area contributed by atoms with E-state index in [4.69, 9.17) is 0 Å². The Labute approximate surface area is 262 Å². The third kappa shape index (κ3) is 7.44. The number of aromatic amines is 1. The van der Waals surface area contributed by atoms with Crippen LogP contribution in [0.4, 0.5) is 27.6 Å². The van der Waals surface area contributed by atoms with Gasteiger partial charge in [-0.2, -0.15) is 0 Å². The third-order valence-corrected chi connectivity index (χ3v) is 8.52. The molecule has 0 aliphatic heterocycles. The largest absolute Gasteiger partial charge is 0.573 e. The Morgan fingerprint density at radius 1 is 0.957 bits per heavy atom. The predicted octanol–water partition coefficient (Wildman–Crippen LogP) is 4.71. The van der Waals surface area contributed by atoms with Crippen molar-refractivity contribution >= 4 is 42.5 Å². The molecule has 18 heteroatoms. The molecule has 0 radical (unpaired) electrons. The Morgan fingerprint density at radius 2 is 1.70 bits per heavy atom. The second-order valence-corrected chi connectivity index (χ2v) is 13.5. The number of fused-ring (bicyclic) bond motifs is 1. The molecule has 246 valence electrons. The number of halogens is 5. The normalized spacial score (nSPS) is 12.2. The Kier molecular flexibility index (Phi) is 8.59. The van der Waals surface area contributed by atoms with Gasteiger partial charge in [0.15, 0.2) is 0 Å². The van der Waals surface area contributed by atoms with E-state index in [1.165, 1.54) is 30.5 Å². The Bertz CT molecular complexity index is 2320. The van der Waals surface area contributed by atoms with Gasteiger partial charge in [-0.1, -0.05) is 12.1 Å². The average Bonchev–Trinajstić information content (AvgIpc) is 3.26. The van der Waals surface area contributed by atoms with Gasteiger partial charge in [0.2, 0.25) is 10.0 Å². The summed E-state index contributed by atoms with van der Waals surface area (Å²) in [6.45, 7) is -0.580. The second-order valence-electron chi connectivity index (χ2n) is 10.0. The lowest BCUT2D eigenvalue weighted by molar-refractivity contribution is -0.274. The van der Waals surface area contributed by atoms with Crippen molar-refractivity contribution in [3.05, 3.63) is 112 Å². The van der Waals surface area contributed by atoms with E-state index in [2.05, 4.69) is 14.4 Å². The number of sulfonamides is 2. The van der Waals surface area contributed by atoms with E-state index in [-0.39, 0.29) is 33.3 Å². The number of aromatic nitrogens is 2. The minimum atomic E-state index is -5.13. The summed E-state index contributed by atoms with van der Waals surface area (Å²) in [5.74, 6) is -4.14. The van der Waals surface area contributed by atoms with Gasteiger partial charge in [-0.05, 0) is 54.6 Å². The van der Waals surface area contributed by atoms with Crippen LogP contribution in [0, 0.1) is 11.6 Å². The molecule has 0 atom stereocenters. The molecule has 3 N–H and O–H groups in total. The lowest BCUT2D eigenvalue weighted by atomic mass is 10.0. The molecule has 0 fully saturated rings. The van der Waals surface area contributed by atoms with Crippen LogP contribution in [0.5, 0.6) is 5.75 Å². The van der Waals surface area contributed by atoms with Gasteiger partial charge >= 0.3 is 6.36 Å². The van der Waals surface area contributed by atoms with Crippen LogP contribution in [0.1, 0.15) is 16.1 Å². The van der Waals surface area contributed by atoms with Crippen LogP contribution < -0.4 is 19.7 Å². The van der Waals surface area contributed by atoms with Crippen molar-refractivity contribution in [1.29, 1.82) is 0 Å². The van der Waals surface area contributed by atoms with Crippen LogP contribution in [0.25, 0.3) is 22.0 Å². The number of ether oxygens (including phenoxy) is 1. The highest BCUT2D eigenvalue weighted by Gasteiger charge is 2.33. The van der Waals surface area contributed by atoms with Crippen molar-refractivity contribution in [2.24, 2.45) is 0 Å². The number of nitrogens with one attached hydrogen (secondary N) is 3. The molecule has 11 nitrogen and oxygen atoms in total. The van der Waals surface area contributed by atoms with Crippen molar-refractivity contribution < 1.29 is 48.3 Å². The molecule has 0 aliphatic rings. The Balaban J connectivity index is 1.75. The zero-order chi connectivity index (χ0) is 34.3. The summed E-state index contributed by atoms with van der Waals surface area (Å²) < 4.78 is 127. The monoisotopic (exact) mass is 696 g/mol. The SMILES string of the molecule is CS(=O)(=O)Nc1cccc(S(=O)(=O)NC(=O)c2c(-c3ccc[nH]c3=O)c3cc(OC(F)(F)F)ccc3n2Cc2ccc(F)cc2F)c1. The molecule has 5 rings (SSSR count). The smallest absolute Gasteiger partial charge is 0.406 e. The summed E-state index contributed by atoms with van der Waals surface area (Å²) in [7, 11) is -8.62. The standard InChI is InChI=1S/C29H21F5N4O7S2/c1-46(41,42)36-18-4-2-5-20(13-18)47(43,44)37-28(40)26-25(21-6-3-11-35-27(21)39)22-14-19(45-29(32,33)34)9-10-24(22)38(26)15-16-7-8-17(30)12-23(16)31/h2-14,36H,15H2,1H3,(H,35,39)(H,37,40). The van der Waals surface area contributed by atoms with Crippen molar-refractivity contribution in [2.75, 3.05) is 11.0 Å². The molecular formula is C29H21F5N4O7S2. The molecule has 3 aromatic carbocycles. The van der Waals surface area contributed by atoms with Crippen LogP contribution in [0.3, 0.4) is 0 Å². The molecule has 0 bridgehead atoms. The fourth-order valence-electron chi connectivity index (χ4n) is 4.81. The van der Waals surface area contributed by atoms with Crippen LogP contribution >= 0.6 is 0 Å². The highest BCUT2D eigenvalue weighted by molar-refractivity contribution is 7.92.